The molecule has 0 aromatic heterocycles. The molecule has 0 saturated carbocycles. The highest BCUT2D eigenvalue weighted by Gasteiger charge is 2.05. The number of aliphatic imine (C=N–C) groups is 1. The second kappa shape index (κ2) is 5.23. The molecule has 0 aliphatic carbocycles. The summed E-state index contributed by atoms with van der Waals surface area (Å²) in [5.74, 6) is 0.188. The van der Waals surface area contributed by atoms with Crippen molar-refractivity contribution in [3.8, 4) is 5.75 Å². The molecule has 2 aromatic carbocycles. The molecule has 0 saturated heterocycles. The van der Waals surface area contributed by atoms with Crippen LogP contribution in [0.5, 0.6) is 5.75 Å². The molecule has 18 heavy (non-hydrogen) atoms. The summed E-state index contributed by atoms with van der Waals surface area (Å²) in [5.41, 5.74) is 3.44. The number of halogens is 1. The van der Waals surface area contributed by atoms with E-state index in [1.807, 2.05) is 38.1 Å². The monoisotopic (exact) mass is 259 g/mol. The minimum absolute atomic E-state index is 0.188. The maximum atomic E-state index is 9.79. The highest BCUT2D eigenvalue weighted by Crippen LogP contribution is 2.24. The third kappa shape index (κ3) is 2.90. The predicted octanol–water partition coefficient (Wildman–Crippen LogP) is 4.49. The molecule has 2 aromatic rings. The fourth-order valence-electron chi connectivity index (χ4n) is 1.67. The van der Waals surface area contributed by atoms with E-state index in [2.05, 4.69) is 4.99 Å². The Labute approximate surface area is 112 Å². The molecule has 0 atom stereocenters. The van der Waals surface area contributed by atoms with E-state index in [1.165, 1.54) is 5.56 Å². The zero-order chi connectivity index (χ0) is 13.1. The van der Waals surface area contributed by atoms with Gasteiger partial charge in [-0.1, -0.05) is 29.3 Å². The highest BCUT2D eigenvalue weighted by atomic mass is 35.5. The Balaban J connectivity index is 2.38. The average Bonchev–Trinajstić information content (AvgIpc) is 2.35. The zero-order valence-corrected chi connectivity index (χ0v) is 11.1. The van der Waals surface area contributed by atoms with Gasteiger partial charge in [0, 0.05) is 16.3 Å². The fourth-order valence-corrected chi connectivity index (χ4v) is 1.84. The molecule has 0 bridgehead atoms. The van der Waals surface area contributed by atoms with Crippen molar-refractivity contribution in [2.24, 2.45) is 4.99 Å². The maximum Gasteiger partial charge on any atom is 0.124 e. The minimum Gasteiger partial charge on any atom is -0.507 e. The SMILES string of the molecule is CC(=Nc1ccc(C)cc1)c1cc(Cl)ccc1O. The standard InChI is InChI=1S/C15H14ClNO/c1-10-3-6-13(7-4-10)17-11(2)14-9-12(16)5-8-15(14)18/h3-9,18H,1-2H3. The van der Waals surface area contributed by atoms with Gasteiger partial charge in [0.1, 0.15) is 5.75 Å². The topological polar surface area (TPSA) is 32.6 Å². The van der Waals surface area contributed by atoms with E-state index < -0.39 is 0 Å². The van der Waals surface area contributed by atoms with Crippen molar-refractivity contribution in [2.75, 3.05) is 0 Å². The van der Waals surface area contributed by atoms with Crippen molar-refractivity contribution >= 4 is 23.0 Å². The molecule has 0 heterocycles. The van der Waals surface area contributed by atoms with Crippen LogP contribution in [0.3, 0.4) is 0 Å². The van der Waals surface area contributed by atoms with E-state index in [9.17, 15) is 5.11 Å². The summed E-state index contributed by atoms with van der Waals surface area (Å²) in [5, 5.41) is 10.4. The molecule has 3 heteroatoms. The predicted molar refractivity (Wildman–Crippen MR) is 76.2 cm³/mol. The number of rotatable bonds is 2. The lowest BCUT2D eigenvalue weighted by Gasteiger charge is -2.05. The van der Waals surface area contributed by atoms with Crippen molar-refractivity contribution in [1.29, 1.82) is 0 Å². The first kappa shape index (κ1) is 12.7. The van der Waals surface area contributed by atoms with Gasteiger partial charge in [-0.25, -0.2) is 0 Å². The van der Waals surface area contributed by atoms with Crippen LogP contribution in [0.4, 0.5) is 5.69 Å². The normalized spacial score (nSPS) is 11.6. The van der Waals surface area contributed by atoms with Crippen LogP contribution in [-0.4, -0.2) is 10.8 Å². The number of nitrogens with zero attached hydrogens (tertiary/aromatic N) is 1. The summed E-state index contributed by atoms with van der Waals surface area (Å²) in [4.78, 5) is 4.47. The molecule has 0 unspecified atom stereocenters. The number of hydrogen-bond acceptors (Lipinski definition) is 2. The van der Waals surface area contributed by atoms with Crippen molar-refractivity contribution in [1.82, 2.24) is 0 Å². The quantitative estimate of drug-likeness (QED) is 0.792. The van der Waals surface area contributed by atoms with Crippen LogP contribution >= 0.6 is 11.6 Å². The lowest BCUT2D eigenvalue weighted by Crippen LogP contribution is -1.94. The van der Waals surface area contributed by atoms with Gasteiger partial charge >= 0.3 is 0 Å². The lowest BCUT2D eigenvalue weighted by atomic mass is 10.1. The Kier molecular flexibility index (Phi) is 3.68. The zero-order valence-electron chi connectivity index (χ0n) is 10.3. The molecule has 0 amide bonds. The van der Waals surface area contributed by atoms with Crippen LogP contribution in [0.25, 0.3) is 0 Å². The number of phenolic OH excluding ortho intramolecular Hbond substituents is 1. The van der Waals surface area contributed by atoms with Crippen LogP contribution in [0.15, 0.2) is 47.5 Å². The van der Waals surface area contributed by atoms with Crippen LogP contribution < -0.4 is 0 Å². The summed E-state index contributed by atoms with van der Waals surface area (Å²) >= 11 is 5.92. The summed E-state index contributed by atoms with van der Waals surface area (Å²) in [6.45, 7) is 3.88. The summed E-state index contributed by atoms with van der Waals surface area (Å²) in [7, 11) is 0. The molecule has 0 aliphatic rings. The Morgan fingerprint density at radius 3 is 2.44 bits per heavy atom. The van der Waals surface area contributed by atoms with Gasteiger partial charge in [0.2, 0.25) is 0 Å². The van der Waals surface area contributed by atoms with E-state index >= 15 is 0 Å². The van der Waals surface area contributed by atoms with Crippen molar-refractivity contribution < 1.29 is 5.11 Å². The number of aromatic hydroxyl groups is 1. The molecule has 0 fully saturated rings. The van der Waals surface area contributed by atoms with Crippen LogP contribution in [0.2, 0.25) is 5.02 Å². The Morgan fingerprint density at radius 1 is 1.11 bits per heavy atom. The third-order valence-corrected chi connectivity index (χ3v) is 2.91. The smallest absolute Gasteiger partial charge is 0.124 e. The summed E-state index contributed by atoms with van der Waals surface area (Å²) in [6.07, 6.45) is 0. The Hall–Kier alpha value is -1.80. The van der Waals surface area contributed by atoms with Gasteiger partial charge in [-0.15, -0.1) is 0 Å². The number of aryl methyl sites for hydroxylation is 1. The fraction of sp³-hybridized carbons (Fsp3) is 0.133. The van der Waals surface area contributed by atoms with Gasteiger partial charge in [0.05, 0.1) is 5.69 Å². The number of phenols is 1. The van der Waals surface area contributed by atoms with E-state index in [1.54, 1.807) is 18.2 Å². The molecule has 0 radical (unpaired) electrons. The first-order valence-electron chi connectivity index (χ1n) is 5.67. The van der Waals surface area contributed by atoms with Crippen molar-refractivity contribution in [3.63, 3.8) is 0 Å². The molecule has 0 spiro atoms. The third-order valence-electron chi connectivity index (χ3n) is 2.68. The second-order valence-corrected chi connectivity index (χ2v) is 4.63. The summed E-state index contributed by atoms with van der Waals surface area (Å²) in [6, 6.07) is 12.8. The van der Waals surface area contributed by atoms with E-state index in [4.69, 9.17) is 11.6 Å². The first-order valence-corrected chi connectivity index (χ1v) is 6.05. The number of benzene rings is 2. The van der Waals surface area contributed by atoms with Gasteiger partial charge in [-0.2, -0.15) is 0 Å². The lowest BCUT2D eigenvalue weighted by molar-refractivity contribution is 0.474. The minimum atomic E-state index is 0.188. The highest BCUT2D eigenvalue weighted by molar-refractivity contribution is 6.31. The molecule has 2 rings (SSSR count). The van der Waals surface area contributed by atoms with E-state index in [-0.39, 0.29) is 5.75 Å². The van der Waals surface area contributed by atoms with Crippen LogP contribution in [-0.2, 0) is 0 Å². The molecule has 2 nitrogen and oxygen atoms in total. The number of hydrogen-bond donors (Lipinski definition) is 1. The van der Waals surface area contributed by atoms with Crippen LogP contribution in [0, 0.1) is 6.92 Å². The maximum absolute atomic E-state index is 9.79. The molecular weight excluding hydrogens is 246 g/mol. The van der Waals surface area contributed by atoms with E-state index in [0.29, 0.717) is 10.6 Å². The molecule has 1 N–H and O–H groups in total. The van der Waals surface area contributed by atoms with Gasteiger partial charge in [-0.3, -0.25) is 4.99 Å². The van der Waals surface area contributed by atoms with Crippen molar-refractivity contribution in [3.05, 3.63) is 58.6 Å². The van der Waals surface area contributed by atoms with Gasteiger partial charge < -0.3 is 5.11 Å². The second-order valence-electron chi connectivity index (χ2n) is 4.19. The Bertz CT molecular complexity index is 588. The largest absolute Gasteiger partial charge is 0.507 e. The molecular formula is C15H14ClNO. The molecule has 92 valence electrons. The Morgan fingerprint density at radius 2 is 1.78 bits per heavy atom. The van der Waals surface area contributed by atoms with E-state index in [0.717, 1.165) is 11.4 Å². The first-order chi connectivity index (χ1) is 8.56. The van der Waals surface area contributed by atoms with Crippen molar-refractivity contribution in [2.45, 2.75) is 13.8 Å². The summed E-state index contributed by atoms with van der Waals surface area (Å²) < 4.78 is 0. The van der Waals surface area contributed by atoms with Gasteiger partial charge in [0.25, 0.3) is 0 Å². The van der Waals surface area contributed by atoms with Gasteiger partial charge in [0.15, 0.2) is 0 Å². The van der Waals surface area contributed by atoms with Gasteiger partial charge in [-0.05, 0) is 44.2 Å². The van der Waals surface area contributed by atoms with Crippen LogP contribution in [0.1, 0.15) is 18.1 Å². The molecule has 0 aliphatic heterocycles. The average molecular weight is 260 g/mol.